The van der Waals surface area contributed by atoms with E-state index in [0.29, 0.717) is 5.82 Å². The van der Waals surface area contributed by atoms with Gasteiger partial charge in [0.25, 0.3) is 0 Å². The molecule has 5 nitrogen and oxygen atoms in total. The first kappa shape index (κ1) is 13.7. The molecule has 0 aliphatic rings. The summed E-state index contributed by atoms with van der Waals surface area (Å²) in [6.07, 6.45) is 2.89. The quantitative estimate of drug-likeness (QED) is 0.708. The van der Waals surface area contributed by atoms with Crippen LogP contribution in [0.2, 0.25) is 0 Å². The van der Waals surface area contributed by atoms with Gasteiger partial charge in [0.05, 0.1) is 0 Å². The number of aromatic nitrogens is 2. The molecule has 1 heterocycles. The number of hydrogen-bond acceptors (Lipinski definition) is 5. The number of anilines is 2. The average Bonchev–Trinajstić information content (AvgIpc) is 2.33. The highest BCUT2D eigenvalue weighted by Gasteiger charge is 2.06. The van der Waals surface area contributed by atoms with Crippen LogP contribution in [0.5, 0.6) is 0 Å². The Bertz CT molecular complexity index is 355. The second-order valence-electron chi connectivity index (χ2n) is 3.98. The third-order valence-corrected chi connectivity index (χ3v) is 2.61. The van der Waals surface area contributed by atoms with E-state index in [2.05, 4.69) is 15.3 Å². The molecule has 0 atom stereocenters. The molecule has 0 saturated heterocycles. The van der Waals surface area contributed by atoms with Crippen LogP contribution in [0.25, 0.3) is 0 Å². The number of nitrogen functional groups attached to an aromatic ring is 1. The predicted molar refractivity (Wildman–Crippen MR) is 70.2 cm³/mol. The summed E-state index contributed by atoms with van der Waals surface area (Å²) in [4.78, 5) is 8.65. The van der Waals surface area contributed by atoms with Crippen LogP contribution in [-0.2, 0) is 11.2 Å². The molecule has 96 valence electrons. The average molecular weight is 238 g/mol. The minimum Gasteiger partial charge on any atom is -0.385 e. The maximum atomic E-state index is 5.84. The third kappa shape index (κ3) is 4.19. The predicted octanol–water partition coefficient (Wildman–Crippen LogP) is 1.77. The van der Waals surface area contributed by atoms with E-state index in [1.54, 1.807) is 7.11 Å². The van der Waals surface area contributed by atoms with Gasteiger partial charge in [0.15, 0.2) is 0 Å². The summed E-state index contributed by atoms with van der Waals surface area (Å²) in [7, 11) is 1.72. The van der Waals surface area contributed by atoms with Gasteiger partial charge in [-0.1, -0.05) is 6.92 Å². The van der Waals surface area contributed by atoms with Crippen LogP contribution in [0, 0.1) is 6.92 Å². The van der Waals surface area contributed by atoms with Gasteiger partial charge in [-0.3, -0.25) is 0 Å². The maximum absolute atomic E-state index is 5.84. The monoisotopic (exact) mass is 238 g/mol. The van der Waals surface area contributed by atoms with Crippen molar-refractivity contribution in [2.75, 3.05) is 31.3 Å². The summed E-state index contributed by atoms with van der Waals surface area (Å²) >= 11 is 0. The van der Waals surface area contributed by atoms with Crippen LogP contribution < -0.4 is 11.1 Å². The van der Waals surface area contributed by atoms with E-state index in [1.807, 2.05) is 13.8 Å². The first-order valence-corrected chi connectivity index (χ1v) is 6.04. The maximum Gasteiger partial charge on any atom is 0.134 e. The lowest BCUT2D eigenvalue weighted by atomic mass is 10.2. The number of ether oxygens (including phenoxy) is 1. The Kier molecular flexibility index (Phi) is 5.69. The molecule has 3 N–H and O–H groups in total. The van der Waals surface area contributed by atoms with Gasteiger partial charge in [0.2, 0.25) is 0 Å². The minimum absolute atomic E-state index is 0.566. The molecular formula is C12H22N4O. The standard InChI is InChI=1S/C12H22N4O/c1-4-10-15-11(13)9(2)12(16-10)14-7-5-6-8-17-3/h4-8H2,1-3H3,(H3,13,14,15,16). The fourth-order valence-electron chi connectivity index (χ4n) is 1.49. The number of methoxy groups -OCH3 is 1. The van der Waals surface area contributed by atoms with Crippen molar-refractivity contribution in [1.29, 1.82) is 0 Å². The number of nitrogens with one attached hydrogen (secondary N) is 1. The number of nitrogens with two attached hydrogens (primary N) is 1. The highest BCUT2D eigenvalue weighted by molar-refractivity contribution is 5.54. The fourth-order valence-corrected chi connectivity index (χ4v) is 1.49. The molecule has 0 aliphatic heterocycles. The van der Waals surface area contributed by atoms with E-state index in [9.17, 15) is 0 Å². The zero-order chi connectivity index (χ0) is 12.7. The summed E-state index contributed by atoms with van der Waals surface area (Å²) in [6, 6.07) is 0. The lowest BCUT2D eigenvalue weighted by molar-refractivity contribution is 0.194. The number of unbranched alkanes of at least 4 members (excludes halogenated alkanes) is 1. The molecule has 1 rings (SSSR count). The summed E-state index contributed by atoms with van der Waals surface area (Å²) in [6.45, 7) is 5.63. The van der Waals surface area contributed by atoms with Crippen LogP contribution in [0.3, 0.4) is 0 Å². The van der Waals surface area contributed by atoms with E-state index in [1.165, 1.54) is 0 Å². The van der Waals surface area contributed by atoms with Crippen LogP contribution in [0.1, 0.15) is 31.2 Å². The Morgan fingerprint density at radius 2 is 2.06 bits per heavy atom. The third-order valence-electron chi connectivity index (χ3n) is 2.61. The van der Waals surface area contributed by atoms with Gasteiger partial charge in [-0.2, -0.15) is 0 Å². The zero-order valence-corrected chi connectivity index (χ0v) is 10.9. The van der Waals surface area contributed by atoms with Crippen molar-refractivity contribution < 1.29 is 4.74 Å². The highest BCUT2D eigenvalue weighted by Crippen LogP contribution is 2.17. The summed E-state index contributed by atoms with van der Waals surface area (Å²) in [5, 5.41) is 3.30. The van der Waals surface area contributed by atoms with E-state index >= 15 is 0 Å². The van der Waals surface area contributed by atoms with Crippen molar-refractivity contribution in [2.45, 2.75) is 33.1 Å². The van der Waals surface area contributed by atoms with Crippen LogP contribution >= 0.6 is 0 Å². The minimum atomic E-state index is 0.566. The lowest BCUT2D eigenvalue weighted by Gasteiger charge is -2.11. The Balaban J connectivity index is 2.54. The van der Waals surface area contributed by atoms with Gasteiger partial charge in [0.1, 0.15) is 17.5 Å². The number of nitrogens with zero attached hydrogens (tertiary/aromatic N) is 2. The van der Waals surface area contributed by atoms with E-state index in [4.69, 9.17) is 10.5 Å². The van der Waals surface area contributed by atoms with Crippen molar-refractivity contribution in [3.8, 4) is 0 Å². The van der Waals surface area contributed by atoms with Crippen molar-refractivity contribution in [3.63, 3.8) is 0 Å². The van der Waals surface area contributed by atoms with Gasteiger partial charge in [-0.25, -0.2) is 9.97 Å². The van der Waals surface area contributed by atoms with Crippen molar-refractivity contribution in [2.24, 2.45) is 0 Å². The highest BCUT2D eigenvalue weighted by atomic mass is 16.5. The molecule has 0 radical (unpaired) electrons. The first-order chi connectivity index (χ1) is 8.19. The molecule has 0 bridgehead atoms. The second-order valence-corrected chi connectivity index (χ2v) is 3.98. The zero-order valence-electron chi connectivity index (χ0n) is 10.9. The molecule has 5 heteroatoms. The molecule has 0 saturated carbocycles. The molecule has 1 aromatic rings. The molecule has 17 heavy (non-hydrogen) atoms. The fraction of sp³-hybridized carbons (Fsp3) is 0.667. The SMILES string of the molecule is CCc1nc(N)c(C)c(NCCCCOC)n1. The van der Waals surface area contributed by atoms with Crippen LogP contribution in [-0.4, -0.2) is 30.2 Å². The van der Waals surface area contributed by atoms with Gasteiger partial charge in [-0.15, -0.1) is 0 Å². The molecule has 0 unspecified atom stereocenters. The Labute approximate surface area is 103 Å². The Morgan fingerprint density at radius 1 is 1.29 bits per heavy atom. The topological polar surface area (TPSA) is 73.1 Å². The van der Waals surface area contributed by atoms with E-state index in [0.717, 1.165) is 49.6 Å². The Morgan fingerprint density at radius 3 is 2.71 bits per heavy atom. The molecule has 0 aliphatic carbocycles. The van der Waals surface area contributed by atoms with E-state index < -0.39 is 0 Å². The number of hydrogen-bond donors (Lipinski definition) is 2. The molecule has 0 spiro atoms. The van der Waals surface area contributed by atoms with Crippen molar-refractivity contribution in [1.82, 2.24) is 9.97 Å². The largest absolute Gasteiger partial charge is 0.385 e. The van der Waals surface area contributed by atoms with Gasteiger partial charge >= 0.3 is 0 Å². The van der Waals surface area contributed by atoms with Gasteiger partial charge in [-0.05, 0) is 19.8 Å². The summed E-state index contributed by atoms with van der Waals surface area (Å²) < 4.78 is 5.00. The number of aryl methyl sites for hydroxylation is 1. The van der Waals surface area contributed by atoms with Crippen molar-refractivity contribution in [3.05, 3.63) is 11.4 Å². The van der Waals surface area contributed by atoms with E-state index in [-0.39, 0.29) is 0 Å². The number of rotatable bonds is 7. The molecule has 0 amide bonds. The molecular weight excluding hydrogens is 216 g/mol. The smallest absolute Gasteiger partial charge is 0.134 e. The summed E-state index contributed by atoms with van der Waals surface area (Å²) in [5.41, 5.74) is 6.76. The second kappa shape index (κ2) is 7.06. The normalized spacial score (nSPS) is 10.5. The van der Waals surface area contributed by atoms with Crippen LogP contribution in [0.4, 0.5) is 11.6 Å². The Hall–Kier alpha value is -1.36. The van der Waals surface area contributed by atoms with Gasteiger partial charge < -0.3 is 15.8 Å². The van der Waals surface area contributed by atoms with Crippen molar-refractivity contribution >= 4 is 11.6 Å². The lowest BCUT2D eigenvalue weighted by Crippen LogP contribution is -2.10. The first-order valence-electron chi connectivity index (χ1n) is 6.04. The molecule has 0 aromatic carbocycles. The van der Waals surface area contributed by atoms with Crippen LogP contribution in [0.15, 0.2) is 0 Å². The molecule has 1 aromatic heterocycles. The van der Waals surface area contributed by atoms with Gasteiger partial charge in [0, 0.05) is 32.2 Å². The summed E-state index contributed by atoms with van der Waals surface area (Å²) in [5.74, 6) is 2.20. The molecule has 0 fully saturated rings.